The molecule has 1 aliphatic carbocycles. The molecule has 33 heavy (non-hydrogen) atoms. The van der Waals surface area contributed by atoms with Crippen LogP contribution >= 0.6 is 11.6 Å². The van der Waals surface area contributed by atoms with E-state index in [0.29, 0.717) is 42.8 Å². The second kappa shape index (κ2) is 7.85. The van der Waals surface area contributed by atoms with E-state index >= 15 is 0 Å². The van der Waals surface area contributed by atoms with Gasteiger partial charge >= 0.3 is 0 Å². The molecule has 1 saturated carbocycles. The Morgan fingerprint density at radius 2 is 1.82 bits per heavy atom. The van der Waals surface area contributed by atoms with Gasteiger partial charge in [0.1, 0.15) is 31.4 Å². The molecular weight excluding hydrogens is 431 g/mol. The molecule has 7 nitrogen and oxygen atoms in total. The van der Waals surface area contributed by atoms with E-state index < -0.39 is 16.3 Å². The molecule has 2 N–H and O–H groups in total. The third-order valence-electron chi connectivity index (χ3n) is 7.19. The fourth-order valence-electron chi connectivity index (χ4n) is 4.77. The Hall–Kier alpha value is -1.83. The lowest BCUT2D eigenvalue weighted by Gasteiger charge is -2.72. The van der Waals surface area contributed by atoms with Crippen molar-refractivity contribution >= 4 is 66.3 Å². The molecule has 2 aromatic rings. The summed E-state index contributed by atoms with van der Waals surface area (Å²) in [5, 5.41) is 13.4. The normalized spacial score (nSPS) is 23.6. The van der Waals surface area contributed by atoms with Gasteiger partial charge in [0, 0.05) is 66.2 Å². The number of aromatic nitrogens is 2. The highest BCUT2D eigenvalue weighted by Gasteiger charge is 2.64. The predicted molar refractivity (Wildman–Crippen MR) is 135 cm³/mol. The van der Waals surface area contributed by atoms with Crippen LogP contribution in [0.2, 0.25) is 5.02 Å². The molecule has 8 radical (unpaired) electrons. The van der Waals surface area contributed by atoms with E-state index in [1.165, 1.54) is 19.1 Å². The second-order valence-electron chi connectivity index (χ2n) is 9.33. The van der Waals surface area contributed by atoms with Gasteiger partial charge in [-0.25, -0.2) is 0 Å². The Kier molecular flexibility index (Phi) is 5.46. The lowest BCUT2D eigenvalue weighted by molar-refractivity contribution is -0.227. The molecule has 5 rings (SSSR count). The molecule has 162 valence electrons. The first-order chi connectivity index (χ1) is 15.6. The van der Waals surface area contributed by atoms with E-state index in [-0.39, 0.29) is 0 Å². The molecular formula is C21H23B4ClN6O. The Morgan fingerprint density at radius 3 is 2.39 bits per heavy atom. The van der Waals surface area contributed by atoms with Gasteiger partial charge in [-0.15, -0.1) is 0 Å². The van der Waals surface area contributed by atoms with Gasteiger partial charge in [-0.05, 0) is 31.9 Å². The molecule has 0 amide bonds. The largest absolute Gasteiger partial charge is 0.403 e. The lowest BCUT2D eigenvalue weighted by Crippen LogP contribution is -2.88. The van der Waals surface area contributed by atoms with Crippen LogP contribution in [0.25, 0.3) is 0 Å². The van der Waals surface area contributed by atoms with Gasteiger partial charge < -0.3 is 20.4 Å². The van der Waals surface area contributed by atoms with Crippen LogP contribution in [0, 0.1) is 5.41 Å². The Balaban J connectivity index is 1.34. The monoisotopic (exact) mass is 454 g/mol. The van der Waals surface area contributed by atoms with Gasteiger partial charge in [-0.1, -0.05) is 11.6 Å². The fourth-order valence-corrected chi connectivity index (χ4v) is 5.06. The summed E-state index contributed by atoms with van der Waals surface area (Å²) in [5.74, 6) is 0. The quantitative estimate of drug-likeness (QED) is 0.512. The maximum absolute atomic E-state index is 7.82. The number of halogens is 1. The summed E-state index contributed by atoms with van der Waals surface area (Å²) in [6.45, 7) is 4.44. The summed E-state index contributed by atoms with van der Waals surface area (Å²) in [7, 11) is 24.4. The average Bonchev–Trinajstić information content (AvgIpc) is 3.52. The van der Waals surface area contributed by atoms with Crippen LogP contribution in [0.5, 0.6) is 0 Å². The number of nitrogens with zero attached hydrogens (tertiary/aromatic N) is 4. The van der Waals surface area contributed by atoms with E-state index in [0.717, 1.165) is 17.1 Å². The summed E-state index contributed by atoms with van der Waals surface area (Å²) < 4.78 is 7.31. The number of ether oxygens (including phenoxy) is 1. The van der Waals surface area contributed by atoms with Crippen LogP contribution in [-0.2, 0) is 4.74 Å². The molecule has 0 atom stereocenters. The number of rotatable bonds is 6. The summed E-state index contributed by atoms with van der Waals surface area (Å²) in [6.07, 6.45) is 7.43. The molecule has 2 saturated heterocycles. The van der Waals surface area contributed by atoms with Crippen LogP contribution in [0.1, 0.15) is 31.4 Å². The number of benzene rings is 1. The topological polar surface area (TPSA) is 69.4 Å². The first-order valence-electron chi connectivity index (χ1n) is 11.1. The first-order valence-corrected chi connectivity index (χ1v) is 11.4. The Bertz CT molecular complexity index is 1070. The minimum absolute atomic E-state index is 0.504. The summed E-state index contributed by atoms with van der Waals surface area (Å²) in [5.41, 5.74) is 2.35. The van der Waals surface area contributed by atoms with E-state index in [4.69, 9.17) is 53.1 Å². The zero-order valence-corrected chi connectivity index (χ0v) is 19.3. The zero-order chi connectivity index (χ0) is 23.6. The van der Waals surface area contributed by atoms with Crippen LogP contribution in [0.4, 0.5) is 17.1 Å². The van der Waals surface area contributed by atoms with Crippen LogP contribution in [0.3, 0.4) is 0 Å². The molecule has 3 fully saturated rings. The Morgan fingerprint density at radius 1 is 1.15 bits per heavy atom. The predicted octanol–water partition coefficient (Wildman–Crippen LogP) is 1.51. The Labute approximate surface area is 204 Å². The fraction of sp³-hybridized carbons (Fsp3) is 0.524. The van der Waals surface area contributed by atoms with Crippen LogP contribution in [-0.4, -0.2) is 94.8 Å². The standard InChI is InChI=1S/C21H23B4ClN6O/c1-19(20(22,23)33-21(19,24)25)31-6-4-30(5-7-31)18-9-17(13(10-27)8-16(18)26)29-14-11-28-32(12-14)15-2-3-15/h8-12,15,27,29H,2-7H2,1H3. The van der Waals surface area contributed by atoms with Crippen molar-refractivity contribution in [2.24, 2.45) is 0 Å². The van der Waals surface area contributed by atoms with Crippen molar-refractivity contribution in [3.8, 4) is 0 Å². The van der Waals surface area contributed by atoms with Crippen molar-refractivity contribution < 1.29 is 4.74 Å². The van der Waals surface area contributed by atoms with Crippen molar-refractivity contribution in [2.45, 2.75) is 42.1 Å². The maximum atomic E-state index is 7.82. The highest BCUT2D eigenvalue weighted by atomic mass is 35.5. The van der Waals surface area contributed by atoms with Gasteiger partial charge in [0.05, 0.1) is 28.6 Å². The number of piperazine rings is 1. The number of hydrogen-bond donors (Lipinski definition) is 2. The highest BCUT2D eigenvalue weighted by Crippen LogP contribution is 2.48. The van der Waals surface area contributed by atoms with E-state index in [1.807, 2.05) is 23.9 Å². The third kappa shape index (κ3) is 3.72. The van der Waals surface area contributed by atoms with Crippen molar-refractivity contribution in [1.82, 2.24) is 14.7 Å². The number of nitrogens with one attached hydrogen (secondary N) is 2. The minimum Gasteiger partial charge on any atom is -0.403 e. The van der Waals surface area contributed by atoms with E-state index in [9.17, 15) is 0 Å². The first kappa shape index (κ1) is 22.9. The summed E-state index contributed by atoms with van der Waals surface area (Å²) >= 11 is 6.62. The molecule has 3 aliphatic rings. The molecule has 1 aromatic carbocycles. The van der Waals surface area contributed by atoms with Gasteiger partial charge in [0.25, 0.3) is 0 Å². The molecule has 3 heterocycles. The lowest BCUT2D eigenvalue weighted by atomic mass is 9.35. The molecule has 0 bridgehead atoms. The highest BCUT2D eigenvalue weighted by molar-refractivity contribution is 6.48. The molecule has 1 aromatic heterocycles. The summed E-state index contributed by atoms with van der Waals surface area (Å²) in [6, 6.07) is 4.29. The SMILES string of the molecule is [B]C1([B])OC([B])([B])C1(C)N1CCN(c2cc(Nc3cnn(C4CC4)c3)c(C=N)cc2Cl)CC1. The van der Waals surface area contributed by atoms with Crippen molar-refractivity contribution in [3.05, 3.63) is 35.1 Å². The molecule has 2 aliphatic heterocycles. The number of hydrogen-bond acceptors (Lipinski definition) is 6. The van der Waals surface area contributed by atoms with E-state index in [1.54, 1.807) is 12.3 Å². The van der Waals surface area contributed by atoms with Gasteiger partial charge in [-0.2, -0.15) is 5.10 Å². The van der Waals surface area contributed by atoms with Crippen LogP contribution in [0.15, 0.2) is 24.5 Å². The van der Waals surface area contributed by atoms with Gasteiger partial charge in [-0.3, -0.25) is 9.58 Å². The average molecular weight is 454 g/mol. The van der Waals surface area contributed by atoms with Gasteiger partial charge in [0.15, 0.2) is 0 Å². The van der Waals surface area contributed by atoms with Crippen molar-refractivity contribution in [3.63, 3.8) is 0 Å². The molecule has 0 unspecified atom stereocenters. The van der Waals surface area contributed by atoms with Crippen molar-refractivity contribution in [2.75, 3.05) is 36.4 Å². The van der Waals surface area contributed by atoms with E-state index in [2.05, 4.69) is 20.2 Å². The van der Waals surface area contributed by atoms with Crippen LogP contribution < -0.4 is 10.2 Å². The maximum Gasteiger partial charge on any atom is 0.102 e. The molecule has 12 heteroatoms. The molecule has 0 spiro atoms. The zero-order valence-electron chi connectivity index (χ0n) is 18.6. The third-order valence-corrected chi connectivity index (χ3v) is 7.49. The number of anilines is 3. The van der Waals surface area contributed by atoms with Crippen molar-refractivity contribution in [1.29, 1.82) is 5.41 Å². The second-order valence-corrected chi connectivity index (χ2v) is 9.74. The summed E-state index contributed by atoms with van der Waals surface area (Å²) in [4.78, 5) is 4.27. The van der Waals surface area contributed by atoms with Gasteiger partial charge in [0.2, 0.25) is 0 Å². The minimum atomic E-state index is -1.43. The smallest absolute Gasteiger partial charge is 0.102 e.